The zero-order chi connectivity index (χ0) is 18.3. The quantitative estimate of drug-likeness (QED) is 0.712. The molecule has 2 aromatic rings. The highest BCUT2D eigenvalue weighted by Crippen LogP contribution is 2.19. The third-order valence-corrected chi connectivity index (χ3v) is 5.04. The predicted octanol–water partition coefficient (Wildman–Crippen LogP) is 3.34. The van der Waals surface area contributed by atoms with Gasteiger partial charge in [0.1, 0.15) is 18.2 Å². The van der Waals surface area contributed by atoms with Gasteiger partial charge in [-0.15, -0.1) is 12.4 Å². The summed E-state index contributed by atoms with van der Waals surface area (Å²) in [5, 5.41) is 0. The molecule has 0 saturated heterocycles. The van der Waals surface area contributed by atoms with Crippen LogP contribution >= 0.6 is 12.4 Å². The normalized spacial score (nSPS) is 13.0. The van der Waals surface area contributed by atoms with Gasteiger partial charge in [0, 0.05) is 12.6 Å². The minimum Gasteiger partial charge on any atom is -0.487 e. The molecule has 0 heterocycles. The molecule has 0 bridgehead atoms. The molecule has 0 fully saturated rings. The van der Waals surface area contributed by atoms with Crippen LogP contribution in [0.1, 0.15) is 18.5 Å². The van der Waals surface area contributed by atoms with Crippen LogP contribution in [-0.4, -0.2) is 21.6 Å². The fourth-order valence-corrected chi connectivity index (χ4v) is 3.40. The van der Waals surface area contributed by atoms with Gasteiger partial charge in [-0.2, -0.15) is 0 Å². The summed E-state index contributed by atoms with van der Waals surface area (Å²) >= 11 is 0. The van der Waals surface area contributed by atoms with E-state index in [0.29, 0.717) is 5.75 Å². The number of halogens is 2. The van der Waals surface area contributed by atoms with Crippen LogP contribution in [0, 0.1) is 0 Å². The molecule has 142 valence electrons. The van der Waals surface area contributed by atoms with Gasteiger partial charge in [0.15, 0.2) is 0 Å². The number of hydrogen-bond donors (Lipinski definition) is 2. The van der Waals surface area contributed by atoms with Crippen molar-refractivity contribution >= 4 is 22.4 Å². The van der Waals surface area contributed by atoms with Crippen molar-refractivity contribution in [3.05, 3.63) is 72.1 Å². The van der Waals surface area contributed by atoms with Crippen LogP contribution in [0.3, 0.4) is 0 Å². The Bertz CT molecular complexity index is 812. The molecule has 1 atom stereocenters. The second-order valence-corrected chi connectivity index (χ2v) is 7.11. The van der Waals surface area contributed by atoms with Crippen molar-refractivity contribution in [2.75, 3.05) is 13.2 Å². The number of hydrogen-bond acceptors (Lipinski definition) is 4. The molecule has 0 unspecified atom stereocenters. The van der Waals surface area contributed by atoms with Crippen molar-refractivity contribution in [3.8, 4) is 5.75 Å². The van der Waals surface area contributed by atoms with Gasteiger partial charge in [0.2, 0.25) is 10.0 Å². The van der Waals surface area contributed by atoms with E-state index in [2.05, 4.69) is 4.72 Å². The molecule has 0 amide bonds. The van der Waals surface area contributed by atoms with E-state index >= 15 is 0 Å². The van der Waals surface area contributed by atoms with E-state index in [1.165, 1.54) is 30.3 Å². The van der Waals surface area contributed by atoms with Crippen LogP contribution in [0.25, 0.3) is 0 Å². The minimum absolute atomic E-state index is 0. The topological polar surface area (TPSA) is 81.4 Å². The molecule has 0 aliphatic carbocycles. The number of sulfonamides is 1. The summed E-state index contributed by atoms with van der Waals surface area (Å²) in [4.78, 5) is 0.112. The Labute approximate surface area is 159 Å². The average Bonchev–Trinajstić information content (AvgIpc) is 2.61. The molecule has 2 rings (SSSR count). The van der Waals surface area contributed by atoms with Crippen LogP contribution in [0.2, 0.25) is 0 Å². The first-order chi connectivity index (χ1) is 11.9. The maximum atomic E-state index is 13.2. The molecule has 0 aromatic heterocycles. The SMILES string of the molecule is C[C@H](NS(=O)(=O)c1ccc(OC/C(F)=C\CN)cc1)c1ccccc1.Cl. The highest BCUT2D eigenvalue weighted by molar-refractivity contribution is 7.89. The maximum Gasteiger partial charge on any atom is 0.241 e. The lowest BCUT2D eigenvalue weighted by molar-refractivity contribution is 0.318. The summed E-state index contributed by atoms with van der Waals surface area (Å²) in [6, 6.07) is 14.7. The van der Waals surface area contributed by atoms with Crippen LogP contribution in [0.4, 0.5) is 4.39 Å². The van der Waals surface area contributed by atoms with E-state index in [0.717, 1.165) is 5.56 Å². The molecular formula is C18H22ClFN2O3S. The highest BCUT2D eigenvalue weighted by Gasteiger charge is 2.18. The van der Waals surface area contributed by atoms with Crippen LogP contribution in [-0.2, 0) is 10.0 Å². The van der Waals surface area contributed by atoms with Crippen LogP contribution < -0.4 is 15.2 Å². The van der Waals surface area contributed by atoms with Crippen LogP contribution in [0.15, 0.2) is 71.4 Å². The van der Waals surface area contributed by atoms with E-state index in [1.807, 2.05) is 30.3 Å². The summed E-state index contributed by atoms with van der Waals surface area (Å²) in [7, 11) is -3.67. The molecule has 8 heteroatoms. The molecule has 2 aromatic carbocycles. The fourth-order valence-electron chi connectivity index (χ4n) is 2.16. The zero-order valence-corrected chi connectivity index (χ0v) is 15.9. The van der Waals surface area contributed by atoms with Crippen molar-refractivity contribution in [1.29, 1.82) is 0 Å². The zero-order valence-electron chi connectivity index (χ0n) is 14.3. The lowest BCUT2D eigenvalue weighted by atomic mass is 10.1. The van der Waals surface area contributed by atoms with E-state index < -0.39 is 15.9 Å². The Morgan fingerprint density at radius 2 is 1.81 bits per heavy atom. The first kappa shape index (κ1) is 22.1. The van der Waals surface area contributed by atoms with Gasteiger partial charge < -0.3 is 10.5 Å². The van der Waals surface area contributed by atoms with Gasteiger partial charge >= 0.3 is 0 Å². The Morgan fingerprint density at radius 3 is 2.38 bits per heavy atom. The molecule has 0 aliphatic rings. The summed E-state index contributed by atoms with van der Waals surface area (Å²) in [6.07, 6.45) is 1.22. The summed E-state index contributed by atoms with van der Waals surface area (Å²) in [5.74, 6) is -0.104. The number of rotatable bonds is 8. The Kier molecular flexibility index (Phi) is 8.74. The van der Waals surface area contributed by atoms with Gasteiger partial charge in [-0.3, -0.25) is 0 Å². The van der Waals surface area contributed by atoms with Gasteiger partial charge in [0.25, 0.3) is 0 Å². The Morgan fingerprint density at radius 1 is 1.19 bits per heavy atom. The largest absolute Gasteiger partial charge is 0.487 e. The summed E-state index contributed by atoms with van der Waals surface area (Å²) in [5.41, 5.74) is 6.07. The number of benzene rings is 2. The first-order valence-electron chi connectivity index (χ1n) is 7.77. The van der Waals surface area contributed by atoms with E-state index in [9.17, 15) is 12.8 Å². The van der Waals surface area contributed by atoms with Gasteiger partial charge in [-0.1, -0.05) is 30.3 Å². The van der Waals surface area contributed by atoms with Crippen molar-refractivity contribution in [2.45, 2.75) is 17.9 Å². The van der Waals surface area contributed by atoms with Gasteiger partial charge in [0.05, 0.1) is 4.90 Å². The predicted molar refractivity (Wildman–Crippen MR) is 103 cm³/mol. The molecule has 26 heavy (non-hydrogen) atoms. The third-order valence-electron chi connectivity index (χ3n) is 3.48. The minimum atomic E-state index is -3.67. The second kappa shape index (κ2) is 10.3. The van der Waals surface area contributed by atoms with E-state index in [1.54, 1.807) is 6.92 Å². The molecule has 0 radical (unpaired) electrons. The van der Waals surface area contributed by atoms with E-state index in [-0.39, 0.29) is 36.5 Å². The molecular weight excluding hydrogens is 379 g/mol. The monoisotopic (exact) mass is 400 g/mol. The number of nitrogens with two attached hydrogens (primary N) is 1. The highest BCUT2D eigenvalue weighted by atomic mass is 35.5. The second-order valence-electron chi connectivity index (χ2n) is 5.40. The maximum absolute atomic E-state index is 13.2. The van der Waals surface area contributed by atoms with Crippen molar-refractivity contribution in [2.24, 2.45) is 5.73 Å². The van der Waals surface area contributed by atoms with E-state index in [4.69, 9.17) is 10.5 Å². The summed E-state index contributed by atoms with van der Waals surface area (Å²) < 4.78 is 45.9. The van der Waals surface area contributed by atoms with Crippen molar-refractivity contribution in [3.63, 3.8) is 0 Å². The number of nitrogens with one attached hydrogen (secondary N) is 1. The molecule has 0 aliphatic heterocycles. The molecule has 5 nitrogen and oxygen atoms in total. The fraction of sp³-hybridized carbons (Fsp3) is 0.222. The van der Waals surface area contributed by atoms with Crippen molar-refractivity contribution < 1.29 is 17.5 Å². The Balaban J connectivity index is 0.00000338. The Hall–Kier alpha value is -1.93. The van der Waals surface area contributed by atoms with Gasteiger partial charge in [-0.05, 0) is 42.8 Å². The van der Waals surface area contributed by atoms with Crippen LogP contribution in [0.5, 0.6) is 5.75 Å². The summed E-state index contributed by atoms with van der Waals surface area (Å²) in [6.45, 7) is 1.63. The number of ether oxygens (including phenoxy) is 1. The molecule has 0 saturated carbocycles. The third kappa shape index (κ3) is 6.42. The standard InChI is InChI=1S/C18H21FN2O3S.ClH/c1-14(15-5-3-2-4-6-15)21-25(22,23)18-9-7-17(8-10-18)24-13-16(19)11-12-20;/h2-11,14,21H,12-13,20H2,1H3;1H/b16-11+;/t14-;/m0./s1. The smallest absolute Gasteiger partial charge is 0.241 e. The first-order valence-corrected chi connectivity index (χ1v) is 9.25. The molecule has 0 spiro atoms. The lowest BCUT2D eigenvalue weighted by Gasteiger charge is -2.15. The van der Waals surface area contributed by atoms with Crippen molar-refractivity contribution in [1.82, 2.24) is 4.72 Å². The van der Waals surface area contributed by atoms with Gasteiger partial charge in [-0.25, -0.2) is 17.5 Å². The molecule has 3 N–H and O–H groups in total. The lowest BCUT2D eigenvalue weighted by Crippen LogP contribution is -2.26. The average molecular weight is 401 g/mol.